The number of ether oxygens (including phenoxy) is 1. The largest absolute Gasteiger partial charge is 0.377 e. The fourth-order valence-corrected chi connectivity index (χ4v) is 58.2. The SMILES string of the molecule is CC1CN(c2ccccc2P(C23CC4CC(CC(C4)C2)C3)C23CC4CC(CC(C4)C2)C3)CC(C)O1.CN(C)c1ccccc1P(C(C)(C)C)C(C)(C)C.CN1CCN(c2ccccc2P(C23CC4CC(CC(C4)C2)C3)C23CC4CC(CC(C4)C2)C3)CC1.c1ccc(P(C23CC4CC(CC(C4)C2)C3)C23CC4CC(CC(C4)C2)C3)c(N2CCNCC2)c1. The number of hydrogen-bond acceptors (Lipinski definition) is 7. The first-order valence-corrected chi connectivity index (χ1v) is 56.7. The second-order valence-electron chi connectivity index (χ2n) is 50.1. The molecule has 24 bridgehead atoms. The van der Waals surface area contributed by atoms with Gasteiger partial charge >= 0.3 is 0 Å². The van der Waals surface area contributed by atoms with Crippen LogP contribution in [0, 0.1) is 107 Å². The zero-order chi connectivity index (χ0) is 81.6. The van der Waals surface area contributed by atoms with Gasteiger partial charge in [0, 0.05) is 124 Å². The molecule has 24 aliphatic carbocycles. The fraction of sp³-hybridized carbons (Fsp3) is 0.780. The molecular formula is C109H162N6OP4. The van der Waals surface area contributed by atoms with Crippen molar-refractivity contribution in [1.82, 2.24) is 10.2 Å². The number of para-hydroxylation sites is 4. The lowest BCUT2D eigenvalue weighted by Crippen LogP contribution is -2.58. The summed E-state index contributed by atoms with van der Waals surface area (Å²) in [6.07, 6.45) is 57.8. The second kappa shape index (κ2) is 32.1. The van der Waals surface area contributed by atoms with Crippen molar-refractivity contribution in [3.63, 3.8) is 0 Å². The van der Waals surface area contributed by atoms with Crippen LogP contribution >= 0.6 is 31.7 Å². The highest BCUT2D eigenvalue weighted by atomic mass is 31.1. The van der Waals surface area contributed by atoms with Gasteiger partial charge in [-0.3, -0.25) is 0 Å². The number of anilines is 4. The number of hydrogen-bond donors (Lipinski definition) is 1. The summed E-state index contributed by atoms with van der Waals surface area (Å²) in [7, 11) is 5.96. The Balaban J connectivity index is 0.0000000985. The first kappa shape index (κ1) is 83.3. The van der Waals surface area contributed by atoms with Gasteiger partial charge in [0.15, 0.2) is 0 Å². The van der Waals surface area contributed by atoms with E-state index >= 15 is 0 Å². The van der Waals surface area contributed by atoms with Crippen molar-refractivity contribution in [2.24, 2.45) is 107 Å². The first-order chi connectivity index (χ1) is 57.8. The Labute approximate surface area is 735 Å². The quantitative estimate of drug-likeness (QED) is 0.126. The summed E-state index contributed by atoms with van der Waals surface area (Å²) in [6.45, 7) is 30.5. The molecule has 120 heavy (non-hydrogen) atoms. The van der Waals surface area contributed by atoms with Crippen molar-refractivity contribution in [3.05, 3.63) is 97.1 Å². The number of piperazine rings is 2. The molecule has 0 amide bonds. The van der Waals surface area contributed by atoms with Crippen LogP contribution in [-0.4, -0.2) is 145 Å². The normalized spacial score (nSPS) is 43.6. The summed E-state index contributed by atoms with van der Waals surface area (Å²) < 4.78 is 6.20. The Morgan fingerprint density at radius 2 is 0.533 bits per heavy atom. The van der Waals surface area contributed by atoms with E-state index < -0.39 is 0 Å². The van der Waals surface area contributed by atoms with E-state index in [0.29, 0.717) is 53.5 Å². The maximum atomic E-state index is 6.20. The molecule has 3 aliphatic heterocycles. The molecule has 1 N–H and O–H groups in total. The molecule has 7 nitrogen and oxygen atoms in total. The van der Waals surface area contributed by atoms with Crippen LogP contribution in [0.3, 0.4) is 0 Å². The van der Waals surface area contributed by atoms with Crippen molar-refractivity contribution in [2.75, 3.05) is 106 Å². The molecule has 27 aliphatic rings. The molecule has 11 heteroatoms. The van der Waals surface area contributed by atoms with Gasteiger partial charge in [0.1, 0.15) is 0 Å². The average molecular weight is 1700 g/mol. The average Bonchev–Trinajstić information content (AvgIpc) is 0.702. The molecule has 0 radical (unpaired) electrons. The van der Waals surface area contributed by atoms with Crippen LogP contribution < -0.4 is 46.1 Å². The first-order valence-electron chi connectivity index (χ1n) is 51.3. The van der Waals surface area contributed by atoms with Gasteiger partial charge in [0.05, 0.1) is 12.2 Å². The molecule has 2 unspecified atom stereocenters. The van der Waals surface area contributed by atoms with Gasteiger partial charge in [-0.15, -0.1) is 0 Å². The van der Waals surface area contributed by atoms with Gasteiger partial charge in [-0.25, -0.2) is 0 Å². The Morgan fingerprint density at radius 3 is 0.783 bits per heavy atom. The van der Waals surface area contributed by atoms with Crippen molar-refractivity contribution >= 4 is 75.7 Å². The zero-order valence-electron chi connectivity index (χ0n) is 77.2. The summed E-state index contributed by atoms with van der Waals surface area (Å²) in [5.74, 6) is 19.2. The van der Waals surface area contributed by atoms with Crippen LogP contribution in [-0.2, 0) is 4.74 Å². The Hall–Kier alpha value is -2.32. The lowest BCUT2D eigenvalue weighted by atomic mass is 9.55. The molecule has 654 valence electrons. The molecule has 24 saturated carbocycles. The van der Waals surface area contributed by atoms with Crippen molar-refractivity contribution < 1.29 is 4.74 Å². The van der Waals surface area contributed by atoms with E-state index in [1.54, 1.807) is 248 Å². The van der Waals surface area contributed by atoms with Crippen LogP contribution in [0.5, 0.6) is 0 Å². The summed E-state index contributed by atoms with van der Waals surface area (Å²) in [5.41, 5.74) is 6.32. The monoisotopic (exact) mass is 1700 g/mol. The minimum absolute atomic E-state index is 0.112. The third-order valence-electron chi connectivity index (χ3n) is 38.3. The van der Waals surface area contributed by atoms with Crippen molar-refractivity contribution in [3.8, 4) is 0 Å². The number of nitrogens with one attached hydrogen (secondary N) is 1. The van der Waals surface area contributed by atoms with Crippen LogP contribution in [0.2, 0.25) is 0 Å². The minimum atomic E-state index is -0.233. The van der Waals surface area contributed by atoms with Gasteiger partial charge < -0.3 is 34.6 Å². The van der Waals surface area contributed by atoms with Gasteiger partial charge in [0.2, 0.25) is 0 Å². The third-order valence-corrected chi connectivity index (χ3v) is 53.4. The topological polar surface area (TPSA) is 37.5 Å². The molecule has 3 heterocycles. The maximum absolute atomic E-state index is 6.20. The molecular weight excluding hydrogens is 1530 g/mol. The molecule has 3 saturated heterocycles. The predicted molar refractivity (Wildman–Crippen MR) is 518 cm³/mol. The molecule has 27 fully saturated rings. The van der Waals surface area contributed by atoms with E-state index in [-0.39, 0.29) is 31.7 Å². The van der Waals surface area contributed by atoms with Crippen molar-refractivity contribution in [2.45, 2.75) is 340 Å². The van der Waals surface area contributed by atoms with Crippen LogP contribution in [0.15, 0.2) is 97.1 Å². The molecule has 4 aromatic carbocycles. The highest BCUT2D eigenvalue weighted by Gasteiger charge is 2.68. The lowest BCUT2D eigenvalue weighted by molar-refractivity contribution is -0.00517. The van der Waals surface area contributed by atoms with Crippen LogP contribution in [0.25, 0.3) is 0 Å². The second-order valence-corrected chi connectivity index (χ2v) is 63.1. The fourth-order valence-electron chi connectivity index (χ4n) is 37.9. The molecule has 0 aromatic heterocycles. The van der Waals surface area contributed by atoms with Crippen LogP contribution in [0.4, 0.5) is 22.7 Å². The lowest BCUT2D eigenvalue weighted by Gasteiger charge is -2.67. The van der Waals surface area contributed by atoms with Crippen molar-refractivity contribution in [1.29, 1.82) is 0 Å². The highest BCUT2D eigenvalue weighted by Crippen LogP contribution is 2.83. The number of likely N-dealkylation sites (N-methyl/N-ethyl adjacent to an activating group) is 1. The highest BCUT2D eigenvalue weighted by molar-refractivity contribution is 7.70. The number of benzene rings is 4. The summed E-state index contributed by atoms with van der Waals surface area (Å²) in [5, 5.41) is 15.4. The van der Waals surface area contributed by atoms with E-state index in [1.807, 2.05) is 15.9 Å². The van der Waals surface area contributed by atoms with Gasteiger partial charge in [0.25, 0.3) is 0 Å². The maximum Gasteiger partial charge on any atom is 0.0726 e. The predicted octanol–water partition coefficient (Wildman–Crippen LogP) is 24.4. The van der Waals surface area contributed by atoms with Crippen LogP contribution in [0.1, 0.15) is 287 Å². The van der Waals surface area contributed by atoms with E-state index in [9.17, 15) is 0 Å². The van der Waals surface area contributed by atoms with Gasteiger partial charge in [-0.1, -0.05) is 146 Å². The minimum Gasteiger partial charge on any atom is -0.377 e. The van der Waals surface area contributed by atoms with Gasteiger partial charge in [-0.2, -0.15) is 0 Å². The summed E-state index contributed by atoms with van der Waals surface area (Å²) in [4.78, 5) is 13.1. The molecule has 2 atom stereocenters. The third kappa shape index (κ3) is 15.5. The Morgan fingerprint density at radius 1 is 0.308 bits per heavy atom. The zero-order valence-corrected chi connectivity index (χ0v) is 80.8. The Kier molecular flexibility index (Phi) is 22.3. The number of nitrogens with zero attached hydrogens (tertiary/aromatic N) is 5. The van der Waals surface area contributed by atoms with Gasteiger partial charge in [-0.05, 0) is 424 Å². The van der Waals surface area contributed by atoms with E-state index in [4.69, 9.17) is 4.74 Å². The number of rotatable bonds is 14. The van der Waals surface area contributed by atoms with E-state index in [1.165, 1.54) is 50.3 Å². The van der Waals surface area contributed by atoms with E-state index in [2.05, 4.69) is 203 Å². The smallest absolute Gasteiger partial charge is 0.0726 e. The molecule has 0 spiro atoms. The number of morpholine rings is 1. The standard InChI is InChI=1S/C32H46NOP.C31H45N2P.C30H43N2P.C16H28NP/c1-21-19-33(20-22(2)34-21)29-5-3-4-6-30(29)35(31-13-23-7-24(14-31)9-25(8-23)15-31)32-16-26-10-27(17-32)12-28(11-26)18-32;1-32-6-8-33(9-7-32)28-4-2-3-5-29(28)34(30-16-22-10-23(17-30)12-24(11-22)18-30)31-19-25-13-26(20-31)15-27(14-25)21-31;1-2-4-28(27(3-1)32-7-5-31-6-8-32)33(29-15-21-9-22(16-29)11-23(10-21)17-29)30-18-24-12-25(19-30)14-26(13-24)20-30;1-15(2,3)18(16(4,5)6)14-12-10-9-11-13(14)17(7)8/h3-6,21-28H,7-20H2,1-2H3;2-5,22-27H,6-21H2,1H3;1-4,21-26,31H,5-20H2;9-12H,1-8H3. The summed E-state index contributed by atoms with van der Waals surface area (Å²) in [6, 6.07) is 38.8. The summed E-state index contributed by atoms with van der Waals surface area (Å²) >= 11 is 0. The van der Waals surface area contributed by atoms with E-state index in [0.717, 1.165) is 133 Å². The Bertz CT molecular complexity index is 3940. The molecule has 31 rings (SSSR count). The molecule has 4 aromatic rings.